The number of alkyl halides is 1. The van der Waals surface area contributed by atoms with E-state index in [1.165, 1.54) is 4.90 Å². The van der Waals surface area contributed by atoms with E-state index in [4.69, 9.17) is 5.11 Å². The van der Waals surface area contributed by atoms with Gasteiger partial charge in [-0.2, -0.15) is 0 Å². The first kappa shape index (κ1) is 6.48. The second-order valence-corrected chi connectivity index (χ2v) is 2.05. The fourth-order valence-corrected chi connectivity index (χ4v) is 0.728. The molecule has 1 heterocycles. The Bertz CT molecular complexity index is 122. The molecule has 1 aliphatic rings. The van der Waals surface area contributed by atoms with Crippen LogP contribution in [0.4, 0.5) is 4.39 Å². The van der Waals surface area contributed by atoms with E-state index in [0.717, 1.165) is 0 Å². The molecule has 0 aromatic rings. The Balaban J connectivity index is 2.23. The zero-order valence-corrected chi connectivity index (χ0v) is 4.88. The van der Waals surface area contributed by atoms with E-state index in [9.17, 15) is 9.18 Å². The number of aliphatic hydroxyl groups excluding tert-OH is 1. The van der Waals surface area contributed by atoms with Crippen LogP contribution < -0.4 is 0 Å². The minimum absolute atomic E-state index is 0.152. The maximum Gasteiger partial charge on any atom is 0.248 e. The molecule has 4 heteroatoms. The molecule has 0 radical (unpaired) electrons. The van der Waals surface area contributed by atoms with E-state index in [-0.39, 0.29) is 19.0 Å². The lowest BCUT2D eigenvalue weighted by molar-refractivity contribution is -0.141. The van der Waals surface area contributed by atoms with Gasteiger partial charge in [-0.15, -0.1) is 0 Å². The fourth-order valence-electron chi connectivity index (χ4n) is 0.728. The van der Waals surface area contributed by atoms with Crippen molar-refractivity contribution in [3.8, 4) is 0 Å². The second kappa shape index (κ2) is 2.31. The number of likely N-dealkylation sites (tertiary alicyclic amines) is 1. The molecule has 0 aromatic carbocycles. The standard InChI is InChI=1S/C5H8FNO2/c6-4-1-7(2-4)5(9)3-8/h4,8H,1-3H2. The third kappa shape index (κ3) is 1.18. The summed E-state index contributed by atoms with van der Waals surface area (Å²) in [5, 5.41) is 8.24. The number of amides is 1. The molecule has 0 atom stereocenters. The Kier molecular flexibility index (Phi) is 1.66. The molecule has 1 aliphatic heterocycles. The van der Waals surface area contributed by atoms with Crippen LogP contribution in [0.3, 0.4) is 0 Å². The highest BCUT2D eigenvalue weighted by Crippen LogP contribution is 2.10. The van der Waals surface area contributed by atoms with E-state index in [1.807, 2.05) is 0 Å². The topological polar surface area (TPSA) is 40.5 Å². The number of aliphatic hydroxyl groups is 1. The molecular weight excluding hydrogens is 125 g/mol. The number of halogens is 1. The maximum atomic E-state index is 12.0. The smallest absolute Gasteiger partial charge is 0.248 e. The van der Waals surface area contributed by atoms with Crippen molar-refractivity contribution in [2.45, 2.75) is 6.17 Å². The molecule has 0 bridgehead atoms. The summed E-state index contributed by atoms with van der Waals surface area (Å²) in [5.41, 5.74) is 0. The second-order valence-electron chi connectivity index (χ2n) is 2.05. The number of nitrogens with zero attached hydrogens (tertiary/aromatic N) is 1. The lowest BCUT2D eigenvalue weighted by Crippen LogP contribution is -2.52. The molecule has 1 fully saturated rings. The van der Waals surface area contributed by atoms with Crippen molar-refractivity contribution in [1.29, 1.82) is 0 Å². The molecule has 1 N–H and O–H groups in total. The van der Waals surface area contributed by atoms with Gasteiger partial charge in [-0.1, -0.05) is 0 Å². The third-order valence-electron chi connectivity index (χ3n) is 1.32. The first-order valence-corrected chi connectivity index (χ1v) is 2.76. The van der Waals surface area contributed by atoms with Gasteiger partial charge in [0.1, 0.15) is 12.8 Å². The van der Waals surface area contributed by atoms with Gasteiger partial charge in [0.05, 0.1) is 13.1 Å². The fraction of sp³-hybridized carbons (Fsp3) is 0.800. The lowest BCUT2D eigenvalue weighted by Gasteiger charge is -2.33. The van der Waals surface area contributed by atoms with Gasteiger partial charge in [0.2, 0.25) is 5.91 Å². The molecule has 0 spiro atoms. The monoisotopic (exact) mass is 133 g/mol. The van der Waals surface area contributed by atoms with Crippen LogP contribution >= 0.6 is 0 Å². The van der Waals surface area contributed by atoms with Gasteiger partial charge < -0.3 is 10.0 Å². The summed E-state index contributed by atoms with van der Waals surface area (Å²) in [7, 11) is 0. The first-order chi connectivity index (χ1) is 4.24. The van der Waals surface area contributed by atoms with Crippen LogP contribution in [-0.2, 0) is 4.79 Å². The van der Waals surface area contributed by atoms with Crippen molar-refractivity contribution in [2.75, 3.05) is 19.7 Å². The number of rotatable bonds is 1. The summed E-state index contributed by atoms with van der Waals surface area (Å²) in [5.74, 6) is -0.385. The molecule has 52 valence electrons. The van der Waals surface area contributed by atoms with Crippen molar-refractivity contribution in [2.24, 2.45) is 0 Å². The van der Waals surface area contributed by atoms with Crippen LogP contribution in [0.25, 0.3) is 0 Å². The summed E-state index contributed by atoms with van der Waals surface area (Å²) in [6, 6.07) is 0. The van der Waals surface area contributed by atoms with Crippen molar-refractivity contribution in [1.82, 2.24) is 4.90 Å². The molecule has 0 aliphatic carbocycles. The van der Waals surface area contributed by atoms with Crippen LogP contribution in [0.5, 0.6) is 0 Å². The third-order valence-corrected chi connectivity index (χ3v) is 1.32. The van der Waals surface area contributed by atoms with E-state index in [1.54, 1.807) is 0 Å². The summed E-state index contributed by atoms with van der Waals surface area (Å²) >= 11 is 0. The quantitative estimate of drug-likeness (QED) is 0.506. The van der Waals surface area contributed by atoms with Crippen LogP contribution in [0, 0.1) is 0 Å². The zero-order valence-electron chi connectivity index (χ0n) is 4.88. The van der Waals surface area contributed by atoms with E-state index >= 15 is 0 Å². The van der Waals surface area contributed by atoms with Crippen molar-refractivity contribution < 1.29 is 14.3 Å². The zero-order chi connectivity index (χ0) is 6.85. The number of carbonyl (C=O) groups is 1. The highest BCUT2D eigenvalue weighted by molar-refractivity contribution is 5.78. The minimum Gasteiger partial charge on any atom is -0.387 e. The molecule has 9 heavy (non-hydrogen) atoms. The maximum absolute atomic E-state index is 12.0. The summed E-state index contributed by atoms with van der Waals surface area (Å²) < 4.78 is 12.0. The van der Waals surface area contributed by atoms with Gasteiger partial charge in [-0.05, 0) is 0 Å². The van der Waals surface area contributed by atoms with Gasteiger partial charge in [0, 0.05) is 0 Å². The molecular formula is C5H8FNO2. The van der Waals surface area contributed by atoms with Crippen LogP contribution in [0.1, 0.15) is 0 Å². The van der Waals surface area contributed by atoms with E-state index < -0.39 is 12.8 Å². The summed E-state index contributed by atoms with van der Waals surface area (Å²) in [4.78, 5) is 11.7. The molecule has 1 rings (SSSR count). The Hall–Kier alpha value is -0.640. The predicted molar refractivity (Wildman–Crippen MR) is 28.6 cm³/mol. The number of hydrogen-bond acceptors (Lipinski definition) is 2. The van der Waals surface area contributed by atoms with Crippen molar-refractivity contribution in [3.63, 3.8) is 0 Å². The van der Waals surface area contributed by atoms with Crippen LogP contribution in [0.2, 0.25) is 0 Å². The largest absolute Gasteiger partial charge is 0.387 e. The molecule has 0 aromatic heterocycles. The highest BCUT2D eigenvalue weighted by atomic mass is 19.1. The minimum atomic E-state index is -0.875. The first-order valence-electron chi connectivity index (χ1n) is 2.76. The Labute approximate surface area is 52.1 Å². The number of carbonyl (C=O) groups excluding carboxylic acids is 1. The van der Waals surface area contributed by atoms with Gasteiger partial charge in [-0.25, -0.2) is 4.39 Å². The molecule has 1 saturated heterocycles. The van der Waals surface area contributed by atoms with Crippen molar-refractivity contribution >= 4 is 5.91 Å². The molecule has 0 saturated carbocycles. The molecule has 3 nitrogen and oxygen atoms in total. The van der Waals surface area contributed by atoms with Gasteiger partial charge >= 0.3 is 0 Å². The predicted octanol–water partition coefficient (Wildman–Crippen LogP) is -0.841. The molecule has 1 amide bonds. The summed E-state index contributed by atoms with van der Waals surface area (Å²) in [6.45, 7) is -0.203. The lowest BCUT2D eigenvalue weighted by atomic mass is 10.2. The van der Waals surface area contributed by atoms with Crippen LogP contribution in [0.15, 0.2) is 0 Å². The highest BCUT2D eigenvalue weighted by Gasteiger charge is 2.29. The average molecular weight is 133 g/mol. The van der Waals surface area contributed by atoms with Gasteiger partial charge in [0.15, 0.2) is 0 Å². The van der Waals surface area contributed by atoms with Gasteiger partial charge in [0.25, 0.3) is 0 Å². The molecule has 0 unspecified atom stereocenters. The SMILES string of the molecule is O=C(CO)N1CC(F)C1. The normalized spacial score (nSPS) is 19.6. The van der Waals surface area contributed by atoms with Crippen LogP contribution in [-0.4, -0.2) is 41.8 Å². The Morgan fingerprint density at radius 3 is 2.67 bits per heavy atom. The van der Waals surface area contributed by atoms with Crippen molar-refractivity contribution in [3.05, 3.63) is 0 Å². The summed E-state index contributed by atoms with van der Waals surface area (Å²) in [6.07, 6.45) is -0.875. The van der Waals surface area contributed by atoms with E-state index in [0.29, 0.717) is 0 Å². The average Bonchev–Trinajstić information content (AvgIpc) is 1.79. The van der Waals surface area contributed by atoms with Gasteiger partial charge in [-0.3, -0.25) is 4.79 Å². The Morgan fingerprint density at radius 1 is 1.78 bits per heavy atom. The Morgan fingerprint density at radius 2 is 2.33 bits per heavy atom. The number of hydrogen-bond donors (Lipinski definition) is 1. The van der Waals surface area contributed by atoms with E-state index in [2.05, 4.69) is 0 Å².